The van der Waals surface area contributed by atoms with Gasteiger partial charge in [0.05, 0.1) is 12.7 Å². The minimum atomic E-state index is -0.417. The molecule has 3 heteroatoms. The second kappa shape index (κ2) is 9.09. The van der Waals surface area contributed by atoms with E-state index >= 15 is 0 Å². The molecule has 0 heterocycles. The zero-order chi connectivity index (χ0) is 13.2. The first kappa shape index (κ1) is 15.2. The zero-order valence-electron chi connectivity index (χ0n) is 11.4. The smallest absolute Gasteiger partial charge is 0.0897 e. The van der Waals surface area contributed by atoms with Crippen LogP contribution in [0.4, 0.5) is 0 Å². The lowest BCUT2D eigenvalue weighted by Crippen LogP contribution is -2.32. The molecule has 0 aromatic heterocycles. The molecule has 0 bridgehead atoms. The summed E-state index contributed by atoms with van der Waals surface area (Å²) < 4.78 is 5.38. The van der Waals surface area contributed by atoms with Gasteiger partial charge >= 0.3 is 0 Å². The summed E-state index contributed by atoms with van der Waals surface area (Å²) in [6.07, 6.45) is 0.569. The van der Waals surface area contributed by atoms with Gasteiger partial charge in [-0.1, -0.05) is 44.2 Å². The van der Waals surface area contributed by atoms with Crippen LogP contribution in [-0.4, -0.2) is 37.5 Å². The lowest BCUT2D eigenvalue weighted by Gasteiger charge is -2.13. The Bertz CT molecular complexity index is 301. The molecular formula is C15H25NO2. The lowest BCUT2D eigenvalue weighted by molar-refractivity contribution is 0.0263. The number of rotatable bonds is 9. The SMILES string of the molecule is CC(C)COCC(O)CNCCc1ccccc1. The molecule has 0 fully saturated rings. The van der Waals surface area contributed by atoms with Crippen molar-refractivity contribution >= 4 is 0 Å². The number of ether oxygens (including phenoxy) is 1. The molecule has 1 rings (SSSR count). The third kappa shape index (κ3) is 7.43. The summed E-state index contributed by atoms with van der Waals surface area (Å²) in [7, 11) is 0. The molecule has 1 aromatic rings. The van der Waals surface area contributed by atoms with Gasteiger partial charge in [0.2, 0.25) is 0 Å². The van der Waals surface area contributed by atoms with Gasteiger partial charge in [0.15, 0.2) is 0 Å². The molecule has 1 atom stereocenters. The van der Waals surface area contributed by atoms with E-state index in [9.17, 15) is 5.11 Å². The average molecular weight is 251 g/mol. The van der Waals surface area contributed by atoms with E-state index in [-0.39, 0.29) is 0 Å². The largest absolute Gasteiger partial charge is 0.389 e. The molecule has 102 valence electrons. The van der Waals surface area contributed by atoms with E-state index in [0.29, 0.717) is 25.7 Å². The number of benzene rings is 1. The molecule has 0 radical (unpaired) electrons. The Balaban J connectivity index is 2.00. The Labute approximate surface area is 110 Å². The molecule has 18 heavy (non-hydrogen) atoms. The standard InChI is InChI=1S/C15H25NO2/c1-13(2)11-18-12-15(17)10-16-9-8-14-6-4-3-5-7-14/h3-7,13,15-17H,8-12H2,1-2H3. The van der Waals surface area contributed by atoms with E-state index < -0.39 is 6.10 Å². The molecule has 0 spiro atoms. The fourth-order valence-corrected chi connectivity index (χ4v) is 1.64. The third-order valence-corrected chi connectivity index (χ3v) is 2.57. The number of nitrogens with one attached hydrogen (secondary N) is 1. The van der Waals surface area contributed by atoms with E-state index in [0.717, 1.165) is 13.0 Å². The molecule has 0 aliphatic carbocycles. The van der Waals surface area contributed by atoms with Crippen molar-refractivity contribution in [1.82, 2.24) is 5.32 Å². The van der Waals surface area contributed by atoms with Gasteiger partial charge in [-0.2, -0.15) is 0 Å². The van der Waals surface area contributed by atoms with Gasteiger partial charge in [-0.3, -0.25) is 0 Å². The van der Waals surface area contributed by atoms with E-state index in [1.807, 2.05) is 18.2 Å². The van der Waals surface area contributed by atoms with Crippen molar-refractivity contribution in [2.45, 2.75) is 26.4 Å². The average Bonchev–Trinajstić information content (AvgIpc) is 2.35. The summed E-state index contributed by atoms with van der Waals surface area (Å²) >= 11 is 0. The van der Waals surface area contributed by atoms with E-state index in [2.05, 4.69) is 31.3 Å². The first-order valence-electron chi connectivity index (χ1n) is 6.69. The molecule has 2 N–H and O–H groups in total. The van der Waals surface area contributed by atoms with Crippen LogP contribution in [0.1, 0.15) is 19.4 Å². The Hall–Kier alpha value is -0.900. The van der Waals surface area contributed by atoms with Crippen molar-refractivity contribution in [2.24, 2.45) is 5.92 Å². The molecule has 0 aliphatic rings. The van der Waals surface area contributed by atoms with Crippen molar-refractivity contribution in [2.75, 3.05) is 26.3 Å². The number of hydrogen-bond acceptors (Lipinski definition) is 3. The van der Waals surface area contributed by atoms with E-state index in [1.54, 1.807) is 0 Å². The maximum atomic E-state index is 9.67. The molecular weight excluding hydrogens is 226 g/mol. The maximum Gasteiger partial charge on any atom is 0.0897 e. The van der Waals surface area contributed by atoms with Crippen molar-refractivity contribution < 1.29 is 9.84 Å². The summed E-state index contributed by atoms with van der Waals surface area (Å²) in [6.45, 7) is 6.79. The number of aliphatic hydroxyl groups is 1. The van der Waals surface area contributed by atoms with Crippen LogP contribution in [0.25, 0.3) is 0 Å². The number of aliphatic hydroxyl groups excluding tert-OH is 1. The highest BCUT2D eigenvalue weighted by Gasteiger charge is 2.04. The topological polar surface area (TPSA) is 41.5 Å². The van der Waals surface area contributed by atoms with Crippen LogP contribution in [-0.2, 0) is 11.2 Å². The highest BCUT2D eigenvalue weighted by molar-refractivity contribution is 5.14. The van der Waals surface area contributed by atoms with Crippen molar-refractivity contribution in [3.05, 3.63) is 35.9 Å². The van der Waals surface area contributed by atoms with E-state index in [1.165, 1.54) is 5.56 Å². The minimum absolute atomic E-state index is 0.413. The molecule has 0 amide bonds. The van der Waals surface area contributed by atoms with Gasteiger partial charge < -0.3 is 15.2 Å². The summed E-state index contributed by atoms with van der Waals surface area (Å²) in [5, 5.41) is 12.9. The number of hydrogen-bond donors (Lipinski definition) is 2. The molecule has 1 unspecified atom stereocenters. The van der Waals surface area contributed by atoms with Crippen LogP contribution in [0, 0.1) is 5.92 Å². The third-order valence-electron chi connectivity index (χ3n) is 2.57. The normalized spacial score (nSPS) is 12.9. The molecule has 0 saturated carbocycles. The Morgan fingerprint density at radius 2 is 1.89 bits per heavy atom. The Morgan fingerprint density at radius 1 is 1.17 bits per heavy atom. The Morgan fingerprint density at radius 3 is 2.56 bits per heavy atom. The van der Waals surface area contributed by atoms with Gasteiger partial charge in [0, 0.05) is 13.2 Å². The van der Waals surface area contributed by atoms with Crippen LogP contribution >= 0.6 is 0 Å². The van der Waals surface area contributed by atoms with Gasteiger partial charge in [0.1, 0.15) is 0 Å². The van der Waals surface area contributed by atoms with Gasteiger partial charge in [-0.05, 0) is 24.4 Å². The molecule has 1 aromatic carbocycles. The maximum absolute atomic E-state index is 9.67. The van der Waals surface area contributed by atoms with Crippen molar-refractivity contribution in [1.29, 1.82) is 0 Å². The second-order valence-corrected chi connectivity index (χ2v) is 5.02. The Kier molecular flexibility index (Phi) is 7.65. The fourth-order valence-electron chi connectivity index (χ4n) is 1.64. The monoisotopic (exact) mass is 251 g/mol. The lowest BCUT2D eigenvalue weighted by atomic mass is 10.1. The minimum Gasteiger partial charge on any atom is -0.389 e. The van der Waals surface area contributed by atoms with Gasteiger partial charge in [0.25, 0.3) is 0 Å². The highest BCUT2D eigenvalue weighted by atomic mass is 16.5. The summed E-state index contributed by atoms with van der Waals surface area (Å²) in [5.41, 5.74) is 1.32. The quantitative estimate of drug-likeness (QED) is 0.658. The predicted molar refractivity (Wildman–Crippen MR) is 74.7 cm³/mol. The van der Waals surface area contributed by atoms with Crippen LogP contribution in [0.15, 0.2) is 30.3 Å². The second-order valence-electron chi connectivity index (χ2n) is 5.02. The summed E-state index contributed by atoms with van der Waals surface area (Å²) in [6, 6.07) is 10.3. The van der Waals surface area contributed by atoms with Crippen LogP contribution in [0.5, 0.6) is 0 Å². The van der Waals surface area contributed by atoms with E-state index in [4.69, 9.17) is 4.74 Å². The molecule has 0 aliphatic heterocycles. The van der Waals surface area contributed by atoms with Crippen molar-refractivity contribution in [3.63, 3.8) is 0 Å². The highest BCUT2D eigenvalue weighted by Crippen LogP contribution is 1.98. The van der Waals surface area contributed by atoms with Gasteiger partial charge in [-0.15, -0.1) is 0 Å². The van der Waals surface area contributed by atoms with Crippen LogP contribution in [0.2, 0.25) is 0 Å². The van der Waals surface area contributed by atoms with Crippen LogP contribution < -0.4 is 5.32 Å². The zero-order valence-corrected chi connectivity index (χ0v) is 11.4. The first-order chi connectivity index (χ1) is 8.68. The van der Waals surface area contributed by atoms with Gasteiger partial charge in [-0.25, -0.2) is 0 Å². The molecule has 3 nitrogen and oxygen atoms in total. The fraction of sp³-hybridized carbons (Fsp3) is 0.600. The summed E-state index contributed by atoms with van der Waals surface area (Å²) in [5.74, 6) is 0.517. The first-order valence-corrected chi connectivity index (χ1v) is 6.69. The predicted octanol–water partition coefficient (Wildman–Crippen LogP) is 1.85. The molecule has 0 saturated heterocycles. The van der Waals surface area contributed by atoms with Crippen molar-refractivity contribution in [3.8, 4) is 0 Å². The summed E-state index contributed by atoms with van der Waals surface area (Å²) in [4.78, 5) is 0. The van der Waals surface area contributed by atoms with Crippen LogP contribution in [0.3, 0.4) is 0 Å².